The molecule has 0 aliphatic carbocycles. The van der Waals surface area contributed by atoms with Crippen molar-refractivity contribution in [2.45, 2.75) is 19.5 Å². The maximum absolute atomic E-state index is 10.00. The zero-order valence-corrected chi connectivity index (χ0v) is 19.9. The van der Waals surface area contributed by atoms with Gasteiger partial charge in [-0.1, -0.05) is 29.3 Å². The van der Waals surface area contributed by atoms with Crippen LogP contribution in [0.3, 0.4) is 0 Å². The number of methoxy groups -OCH3 is 2. The first-order valence-corrected chi connectivity index (χ1v) is 9.01. The highest BCUT2D eigenvalue weighted by atomic mass is 127. The molecule has 6 nitrogen and oxygen atoms in total. The van der Waals surface area contributed by atoms with Crippen molar-refractivity contribution in [2.24, 2.45) is 4.99 Å². The van der Waals surface area contributed by atoms with Gasteiger partial charge in [0, 0.05) is 13.6 Å². The van der Waals surface area contributed by atoms with Gasteiger partial charge in [0.1, 0.15) is 0 Å². The number of aromatic hydroxyl groups is 1. The van der Waals surface area contributed by atoms with E-state index >= 15 is 0 Å². The van der Waals surface area contributed by atoms with Crippen molar-refractivity contribution in [3.63, 3.8) is 0 Å². The number of benzene rings is 2. The summed E-state index contributed by atoms with van der Waals surface area (Å²) >= 11 is 12.1. The second-order valence-corrected chi connectivity index (χ2v) is 6.63. The van der Waals surface area contributed by atoms with Crippen molar-refractivity contribution >= 4 is 53.1 Å². The summed E-state index contributed by atoms with van der Waals surface area (Å²) in [5.41, 5.74) is 1.85. The molecule has 2 aromatic rings. The maximum atomic E-state index is 10.00. The van der Waals surface area contributed by atoms with Gasteiger partial charge in [-0.2, -0.15) is 0 Å². The Labute approximate surface area is 192 Å². The molecule has 0 aromatic heterocycles. The lowest BCUT2D eigenvalue weighted by atomic mass is 10.1. The molecule has 0 saturated heterocycles. The first-order chi connectivity index (χ1) is 12.9. The zero-order chi connectivity index (χ0) is 20.0. The van der Waals surface area contributed by atoms with Gasteiger partial charge in [0.25, 0.3) is 0 Å². The Balaban J connectivity index is 0.00000392. The summed E-state index contributed by atoms with van der Waals surface area (Å²) < 4.78 is 10.4. The van der Waals surface area contributed by atoms with Crippen LogP contribution in [-0.4, -0.2) is 32.3 Å². The summed E-state index contributed by atoms with van der Waals surface area (Å²) in [5, 5.41) is 17.5. The van der Waals surface area contributed by atoms with Crippen molar-refractivity contribution < 1.29 is 14.6 Å². The van der Waals surface area contributed by atoms with E-state index in [0.717, 1.165) is 11.1 Å². The molecule has 28 heavy (non-hydrogen) atoms. The molecule has 0 radical (unpaired) electrons. The predicted octanol–water partition coefficient (Wildman–Crippen LogP) is 4.76. The van der Waals surface area contributed by atoms with Crippen LogP contribution in [0.2, 0.25) is 10.0 Å². The highest BCUT2D eigenvalue weighted by Crippen LogP contribution is 2.37. The van der Waals surface area contributed by atoms with E-state index in [1.807, 2.05) is 19.1 Å². The number of halogens is 3. The van der Waals surface area contributed by atoms with Gasteiger partial charge in [0.2, 0.25) is 5.75 Å². The van der Waals surface area contributed by atoms with Crippen LogP contribution in [-0.2, 0) is 6.54 Å². The van der Waals surface area contributed by atoms with Crippen LogP contribution in [0.1, 0.15) is 24.1 Å². The monoisotopic (exact) mass is 539 g/mol. The van der Waals surface area contributed by atoms with Gasteiger partial charge in [-0.15, -0.1) is 24.0 Å². The third-order valence-electron chi connectivity index (χ3n) is 4.02. The molecule has 154 valence electrons. The molecular formula is C19H24Cl2IN3O3. The first-order valence-electron chi connectivity index (χ1n) is 8.25. The number of phenolic OH excluding ortho intramolecular Hbond substituents is 1. The van der Waals surface area contributed by atoms with E-state index in [1.54, 1.807) is 25.2 Å². The molecule has 3 N–H and O–H groups in total. The van der Waals surface area contributed by atoms with Crippen molar-refractivity contribution in [1.29, 1.82) is 0 Å². The Morgan fingerprint density at radius 3 is 2.21 bits per heavy atom. The smallest absolute Gasteiger partial charge is 0.200 e. The fraction of sp³-hybridized carbons (Fsp3) is 0.316. The van der Waals surface area contributed by atoms with Gasteiger partial charge in [-0.05, 0) is 42.3 Å². The third kappa shape index (κ3) is 6.22. The van der Waals surface area contributed by atoms with Crippen molar-refractivity contribution in [1.82, 2.24) is 10.6 Å². The van der Waals surface area contributed by atoms with Gasteiger partial charge in [-0.25, -0.2) is 0 Å². The van der Waals surface area contributed by atoms with Crippen LogP contribution in [0, 0.1) is 0 Å². The predicted molar refractivity (Wildman–Crippen MR) is 125 cm³/mol. The Morgan fingerprint density at radius 2 is 1.71 bits per heavy atom. The Kier molecular flexibility index (Phi) is 9.98. The van der Waals surface area contributed by atoms with E-state index in [-0.39, 0.29) is 35.8 Å². The molecule has 0 saturated carbocycles. The van der Waals surface area contributed by atoms with Gasteiger partial charge in [0.05, 0.1) is 30.3 Å². The second-order valence-electron chi connectivity index (χ2n) is 5.81. The summed E-state index contributed by atoms with van der Waals surface area (Å²) in [6.45, 7) is 2.46. The average Bonchev–Trinajstić information content (AvgIpc) is 2.67. The number of hydrogen-bond donors (Lipinski definition) is 3. The van der Waals surface area contributed by atoms with Crippen molar-refractivity contribution in [2.75, 3.05) is 21.3 Å². The topological polar surface area (TPSA) is 75.1 Å². The lowest BCUT2D eigenvalue weighted by molar-refractivity contribution is 0.339. The van der Waals surface area contributed by atoms with Crippen LogP contribution in [0.4, 0.5) is 0 Å². The minimum Gasteiger partial charge on any atom is -0.502 e. The molecule has 1 atom stereocenters. The molecule has 0 fully saturated rings. The highest BCUT2D eigenvalue weighted by Gasteiger charge is 2.13. The van der Waals surface area contributed by atoms with Crippen molar-refractivity contribution in [3.8, 4) is 17.2 Å². The molecule has 0 bridgehead atoms. The van der Waals surface area contributed by atoms with E-state index in [0.29, 0.717) is 34.0 Å². The van der Waals surface area contributed by atoms with E-state index in [1.165, 1.54) is 14.2 Å². The fourth-order valence-corrected chi connectivity index (χ4v) is 2.81. The first kappa shape index (κ1) is 24.5. The Morgan fingerprint density at radius 1 is 1.11 bits per heavy atom. The number of ether oxygens (including phenoxy) is 2. The number of phenols is 1. The molecule has 2 rings (SSSR count). The van der Waals surface area contributed by atoms with E-state index in [4.69, 9.17) is 32.7 Å². The Hall–Kier alpha value is -1.58. The second kappa shape index (κ2) is 11.4. The number of guanidine groups is 1. The van der Waals surface area contributed by atoms with E-state index in [9.17, 15) is 5.11 Å². The summed E-state index contributed by atoms with van der Waals surface area (Å²) in [7, 11) is 4.67. The average molecular weight is 540 g/mol. The molecule has 0 spiro atoms. The molecule has 0 amide bonds. The van der Waals surface area contributed by atoms with Gasteiger partial charge in [-0.3, -0.25) is 4.99 Å². The SMILES string of the molecule is CN=C(NCc1cc(OC)c(O)c(OC)c1)NC(C)c1ccc(Cl)c(Cl)c1.I. The summed E-state index contributed by atoms with van der Waals surface area (Å²) in [6.07, 6.45) is 0. The van der Waals surface area contributed by atoms with Crippen LogP contribution in [0.5, 0.6) is 17.2 Å². The van der Waals surface area contributed by atoms with Crippen LogP contribution < -0.4 is 20.1 Å². The van der Waals surface area contributed by atoms with Crippen LogP contribution in [0.15, 0.2) is 35.3 Å². The third-order valence-corrected chi connectivity index (χ3v) is 4.76. The molecule has 0 aliphatic rings. The van der Waals surface area contributed by atoms with Gasteiger partial charge in [0.15, 0.2) is 17.5 Å². The minimum absolute atomic E-state index is 0. The fourth-order valence-electron chi connectivity index (χ4n) is 2.50. The summed E-state index contributed by atoms with van der Waals surface area (Å²) in [4.78, 5) is 4.23. The lowest BCUT2D eigenvalue weighted by Gasteiger charge is -2.19. The molecule has 0 aliphatic heterocycles. The number of aliphatic imine (C=N–C) groups is 1. The largest absolute Gasteiger partial charge is 0.502 e. The molecule has 1 unspecified atom stereocenters. The lowest BCUT2D eigenvalue weighted by Crippen LogP contribution is -2.38. The normalized spacial score (nSPS) is 12.0. The quantitative estimate of drug-likeness (QED) is 0.280. The standard InChI is InChI=1S/C19H23Cl2N3O3.HI/c1-11(13-5-6-14(20)15(21)9-13)24-19(22-2)23-10-12-7-16(26-3)18(25)17(8-12)27-4;/h5-9,11,25H,10H2,1-4H3,(H2,22,23,24);1H. The molecule has 0 heterocycles. The number of rotatable bonds is 6. The van der Waals surface area contributed by atoms with E-state index in [2.05, 4.69) is 15.6 Å². The van der Waals surface area contributed by atoms with Gasteiger partial charge < -0.3 is 25.2 Å². The Bertz CT molecular complexity index is 809. The molecular weight excluding hydrogens is 516 g/mol. The summed E-state index contributed by atoms with van der Waals surface area (Å²) in [5.74, 6) is 1.27. The number of hydrogen-bond acceptors (Lipinski definition) is 4. The summed E-state index contributed by atoms with van der Waals surface area (Å²) in [6, 6.07) is 8.94. The maximum Gasteiger partial charge on any atom is 0.200 e. The number of nitrogens with zero attached hydrogens (tertiary/aromatic N) is 1. The molecule has 9 heteroatoms. The zero-order valence-electron chi connectivity index (χ0n) is 16.0. The van der Waals surface area contributed by atoms with Crippen LogP contribution in [0.25, 0.3) is 0 Å². The van der Waals surface area contributed by atoms with E-state index < -0.39 is 0 Å². The minimum atomic E-state index is -0.0325. The molecule has 2 aromatic carbocycles. The van der Waals surface area contributed by atoms with Crippen molar-refractivity contribution in [3.05, 3.63) is 51.5 Å². The van der Waals surface area contributed by atoms with Gasteiger partial charge >= 0.3 is 0 Å². The highest BCUT2D eigenvalue weighted by molar-refractivity contribution is 14.0. The number of nitrogens with one attached hydrogen (secondary N) is 2. The van der Waals surface area contributed by atoms with Crippen LogP contribution >= 0.6 is 47.2 Å².